The number of fused-ring (bicyclic) bond motifs is 1. The fourth-order valence-electron chi connectivity index (χ4n) is 2.24. The Kier molecular flexibility index (Phi) is 4.02. The summed E-state index contributed by atoms with van der Waals surface area (Å²) in [6, 6.07) is 14.5. The fraction of sp³-hybridized carbons (Fsp3) is 0. The number of carbonyl (C=O) groups is 1. The molecule has 1 heterocycles. The van der Waals surface area contributed by atoms with Crippen molar-refractivity contribution in [1.29, 1.82) is 0 Å². The third kappa shape index (κ3) is 3.04. The average Bonchev–Trinajstić information content (AvgIpc) is 2.54. The molecule has 0 spiro atoms. The van der Waals surface area contributed by atoms with Crippen molar-refractivity contribution in [2.75, 3.05) is 4.72 Å². The zero-order valence-electron chi connectivity index (χ0n) is 11.7. The normalized spacial score (nSPS) is 11.3. The summed E-state index contributed by atoms with van der Waals surface area (Å²) in [5.41, 5.74) is 0.573. The number of hydrogen-bond donors (Lipinski definition) is 1. The summed E-state index contributed by atoms with van der Waals surface area (Å²) in [6.07, 6.45) is 1.53. The molecule has 0 aliphatic heterocycles. The van der Waals surface area contributed by atoms with Crippen molar-refractivity contribution in [3.8, 4) is 0 Å². The van der Waals surface area contributed by atoms with Crippen LogP contribution in [0.4, 0.5) is 5.69 Å². The number of aromatic nitrogens is 1. The number of rotatable bonds is 4. The van der Waals surface area contributed by atoms with Gasteiger partial charge in [0.25, 0.3) is 15.3 Å². The smallest absolute Gasteiger partial charge is 0.264 e. The van der Waals surface area contributed by atoms with E-state index in [4.69, 9.17) is 11.6 Å². The standard InChI is InChI=1S/C16H11ClN2O3S/c17-16(20)12-7-1-2-8-13(12)19-23(21,22)14-9-3-5-11-6-4-10-18-15(11)14/h1-10,19H. The topological polar surface area (TPSA) is 76.1 Å². The largest absolute Gasteiger partial charge is 0.279 e. The van der Waals surface area contributed by atoms with Gasteiger partial charge < -0.3 is 0 Å². The van der Waals surface area contributed by atoms with E-state index in [1.807, 2.05) is 0 Å². The molecule has 1 aromatic heterocycles. The first-order valence-electron chi connectivity index (χ1n) is 6.64. The molecule has 0 fully saturated rings. The highest BCUT2D eigenvalue weighted by Crippen LogP contribution is 2.25. The highest BCUT2D eigenvalue weighted by Gasteiger charge is 2.20. The molecule has 0 saturated heterocycles. The minimum absolute atomic E-state index is 0.0347. The summed E-state index contributed by atoms with van der Waals surface area (Å²) in [6.45, 7) is 0. The first-order chi connectivity index (χ1) is 11.0. The van der Waals surface area contributed by atoms with E-state index in [2.05, 4.69) is 9.71 Å². The molecular weight excluding hydrogens is 336 g/mol. The van der Waals surface area contributed by atoms with Gasteiger partial charge in [-0.05, 0) is 35.9 Å². The molecule has 2 aromatic carbocycles. The molecule has 0 aliphatic carbocycles. The predicted molar refractivity (Wildman–Crippen MR) is 89.2 cm³/mol. The van der Waals surface area contributed by atoms with E-state index in [0.29, 0.717) is 10.9 Å². The predicted octanol–water partition coefficient (Wildman–Crippen LogP) is 3.41. The van der Waals surface area contributed by atoms with Crippen molar-refractivity contribution in [2.45, 2.75) is 4.90 Å². The van der Waals surface area contributed by atoms with Gasteiger partial charge in [0.2, 0.25) is 0 Å². The van der Waals surface area contributed by atoms with Crippen LogP contribution >= 0.6 is 11.6 Å². The van der Waals surface area contributed by atoms with Crippen LogP contribution in [0.2, 0.25) is 0 Å². The van der Waals surface area contributed by atoms with Gasteiger partial charge in [-0.3, -0.25) is 14.5 Å². The quantitative estimate of drug-likeness (QED) is 0.734. The van der Waals surface area contributed by atoms with Crippen LogP contribution in [0, 0.1) is 0 Å². The van der Waals surface area contributed by atoms with Crippen molar-refractivity contribution in [1.82, 2.24) is 4.98 Å². The lowest BCUT2D eigenvalue weighted by Crippen LogP contribution is -2.15. The minimum Gasteiger partial charge on any atom is -0.279 e. The number of pyridine rings is 1. The van der Waals surface area contributed by atoms with Crippen LogP contribution in [-0.2, 0) is 10.0 Å². The summed E-state index contributed by atoms with van der Waals surface area (Å²) < 4.78 is 27.8. The Balaban J connectivity index is 2.11. The Hall–Kier alpha value is -2.44. The number of anilines is 1. The van der Waals surface area contributed by atoms with E-state index in [9.17, 15) is 13.2 Å². The molecule has 23 heavy (non-hydrogen) atoms. The molecule has 3 rings (SSSR count). The number of hydrogen-bond acceptors (Lipinski definition) is 4. The number of para-hydroxylation sites is 2. The molecule has 5 nitrogen and oxygen atoms in total. The van der Waals surface area contributed by atoms with Crippen LogP contribution in [0.25, 0.3) is 10.9 Å². The first kappa shape index (κ1) is 15.5. The lowest BCUT2D eigenvalue weighted by atomic mass is 10.2. The van der Waals surface area contributed by atoms with Crippen molar-refractivity contribution >= 4 is 43.5 Å². The molecule has 0 atom stereocenters. The number of benzene rings is 2. The molecule has 0 radical (unpaired) electrons. The van der Waals surface area contributed by atoms with E-state index in [-0.39, 0.29) is 16.1 Å². The lowest BCUT2D eigenvalue weighted by molar-refractivity contribution is 0.108. The third-order valence-corrected chi connectivity index (χ3v) is 4.87. The average molecular weight is 347 g/mol. The number of nitrogens with one attached hydrogen (secondary N) is 1. The van der Waals surface area contributed by atoms with E-state index in [1.165, 1.54) is 24.4 Å². The molecule has 0 bridgehead atoms. The molecule has 0 aliphatic rings. The van der Waals surface area contributed by atoms with Gasteiger partial charge in [-0.15, -0.1) is 0 Å². The Labute approximate surface area is 138 Å². The minimum atomic E-state index is -3.92. The second-order valence-electron chi connectivity index (χ2n) is 4.76. The van der Waals surface area contributed by atoms with Crippen LogP contribution in [0.1, 0.15) is 10.4 Å². The monoisotopic (exact) mass is 346 g/mol. The zero-order chi connectivity index (χ0) is 16.4. The van der Waals surface area contributed by atoms with Crippen LogP contribution in [0.3, 0.4) is 0 Å². The third-order valence-electron chi connectivity index (χ3n) is 3.27. The van der Waals surface area contributed by atoms with E-state index < -0.39 is 15.3 Å². The molecule has 3 aromatic rings. The second kappa shape index (κ2) is 5.98. The van der Waals surface area contributed by atoms with Crippen LogP contribution in [0.5, 0.6) is 0 Å². The molecular formula is C16H11ClN2O3S. The summed E-state index contributed by atoms with van der Waals surface area (Å²) in [4.78, 5) is 15.6. The van der Waals surface area contributed by atoms with Gasteiger partial charge >= 0.3 is 0 Å². The Morgan fingerprint density at radius 2 is 1.74 bits per heavy atom. The zero-order valence-corrected chi connectivity index (χ0v) is 13.3. The maximum Gasteiger partial charge on any atom is 0.264 e. The molecule has 0 unspecified atom stereocenters. The maximum absolute atomic E-state index is 12.7. The molecule has 0 amide bonds. The lowest BCUT2D eigenvalue weighted by Gasteiger charge is -2.11. The molecule has 7 heteroatoms. The SMILES string of the molecule is O=C(Cl)c1ccccc1NS(=O)(=O)c1cccc2cccnc12. The van der Waals surface area contributed by atoms with Crippen molar-refractivity contribution in [3.05, 3.63) is 66.4 Å². The van der Waals surface area contributed by atoms with E-state index in [0.717, 1.165) is 0 Å². The van der Waals surface area contributed by atoms with Crippen molar-refractivity contribution < 1.29 is 13.2 Å². The maximum atomic E-state index is 12.7. The van der Waals surface area contributed by atoms with Gasteiger partial charge in [0, 0.05) is 11.6 Å². The molecule has 0 saturated carbocycles. The second-order valence-corrected chi connectivity index (χ2v) is 6.75. The Bertz CT molecular complexity index is 998. The number of nitrogens with zero attached hydrogens (tertiary/aromatic N) is 1. The Morgan fingerprint density at radius 3 is 2.52 bits per heavy atom. The van der Waals surface area contributed by atoms with Gasteiger partial charge in [0.15, 0.2) is 0 Å². The van der Waals surface area contributed by atoms with Crippen LogP contribution in [0.15, 0.2) is 65.7 Å². The van der Waals surface area contributed by atoms with E-state index in [1.54, 1.807) is 36.4 Å². The van der Waals surface area contributed by atoms with Crippen LogP contribution < -0.4 is 4.72 Å². The van der Waals surface area contributed by atoms with Gasteiger partial charge in [0.05, 0.1) is 16.8 Å². The number of sulfonamides is 1. The number of carbonyl (C=O) groups excluding carboxylic acids is 1. The van der Waals surface area contributed by atoms with Gasteiger partial charge in [-0.1, -0.05) is 30.3 Å². The van der Waals surface area contributed by atoms with Crippen molar-refractivity contribution in [2.24, 2.45) is 0 Å². The summed E-state index contributed by atoms with van der Waals surface area (Å²) in [7, 11) is -3.92. The summed E-state index contributed by atoms with van der Waals surface area (Å²) in [5.74, 6) is 0. The van der Waals surface area contributed by atoms with Gasteiger partial charge in [-0.25, -0.2) is 8.42 Å². The summed E-state index contributed by atoms with van der Waals surface area (Å²) in [5, 5.41) is -0.0311. The molecule has 1 N–H and O–H groups in total. The highest BCUT2D eigenvalue weighted by molar-refractivity contribution is 7.93. The van der Waals surface area contributed by atoms with Gasteiger partial charge in [0.1, 0.15) is 4.90 Å². The van der Waals surface area contributed by atoms with E-state index >= 15 is 0 Å². The molecule has 116 valence electrons. The fourth-order valence-corrected chi connectivity index (χ4v) is 3.66. The van der Waals surface area contributed by atoms with Crippen LogP contribution in [-0.4, -0.2) is 18.6 Å². The highest BCUT2D eigenvalue weighted by atomic mass is 35.5. The Morgan fingerprint density at radius 1 is 1.00 bits per heavy atom. The first-order valence-corrected chi connectivity index (χ1v) is 8.50. The van der Waals surface area contributed by atoms with Crippen molar-refractivity contribution in [3.63, 3.8) is 0 Å². The van der Waals surface area contributed by atoms with Gasteiger partial charge in [-0.2, -0.15) is 0 Å². The number of halogens is 1. The summed E-state index contributed by atoms with van der Waals surface area (Å²) >= 11 is 5.49.